The normalized spacial score (nSPS) is 14.1. The molecule has 1 aromatic rings. The summed E-state index contributed by atoms with van der Waals surface area (Å²) in [6, 6.07) is 1.74. The van der Waals surface area contributed by atoms with E-state index in [1.807, 2.05) is 20.1 Å². The highest BCUT2D eigenvalue weighted by Gasteiger charge is 2.19. The van der Waals surface area contributed by atoms with Gasteiger partial charge < -0.3 is 15.2 Å². The minimum Gasteiger partial charge on any atom is -0.478 e. The highest BCUT2D eigenvalue weighted by molar-refractivity contribution is 7.98. The topological polar surface area (TPSA) is 67.3 Å². The van der Waals surface area contributed by atoms with Crippen LogP contribution in [0.25, 0.3) is 0 Å². The first-order valence-electron chi connectivity index (χ1n) is 5.90. The lowest BCUT2D eigenvalue weighted by Gasteiger charge is -2.22. The van der Waals surface area contributed by atoms with Gasteiger partial charge in [-0.05, 0) is 27.0 Å². The van der Waals surface area contributed by atoms with Gasteiger partial charge in [0.2, 0.25) is 5.88 Å². The number of nitrogens with zero attached hydrogens (tertiary/aromatic N) is 2. The summed E-state index contributed by atoms with van der Waals surface area (Å²) in [5, 5.41) is 13.2. The number of rotatable bonds is 7. The SMILES string of the molecule is CCOc1cc(NCC(C)(O)CSC)nc(C)n1. The van der Waals surface area contributed by atoms with E-state index in [0.29, 0.717) is 36.4 Å². The number of hydrogen-bond acceptors (Lipinski definition) is 6. The first kappa shape index (κ1) is 15.0. The Morgan fingerprint density at radius 3 is 2.83 bits per heavy atom. The Morgan fingerprint density at radius 2 is 2.22 bits per heavy atom. The molecule has 102 valence electrons. The van der Waals surface area contributed by atoms with Gasteiger partial charge in [-0.25, -0.2) is 4.98 Å². The van der Waals surface area contributed by atoms with Crippen molar-refractivity contribution >= 4 is 17.6 Å². The molecule has 0 amide bonds. The molecule has 1 rings (SSSR count). The molecule has 0 saturated carbocycles. The molecular formula is C12H21N3O2S. The maximum absolute atomic E-state index is 10.1. The van der Waals surface area contributed by atoms with Gasteiger partial charge in [0.05, 0.1) is 12.2 Å². The number of aromatic nitrogens is 2. The Hall–Kier alpha value is -1.01. The van der Waals surface area contributed by atoms with E-state index in [9.17, 15) is 5.11 Å². The fraction of sp³-hybridized carbons (Fsp3) is 0.667. The molecule has 0 aliphatic rings. The van der Waals surface area contributed by atoms with Gasteiger partial charge in [0, 0.05) is 18.4 Å². The summed E-state index contributed by atoms with van der Waals surface area (Å²) in [5.41, 5.74) is -0.760. The number of ether oxygens (including phenoxy) is 1. The van der Waals surface area contributed by atoms with E-state index >= 15 is 0 Å². The zero-order chi connectivity index (χ0) is 13.6. The standard InChI is InChI=1S/C12H21N3O2S/c1-5-17-11-6-10(14-9(2)15-11)13-7-12(3,16)8-18-4/h6,16H,5,7-8H2,1-4H3,(H,13,14,15). The number of anilines is 1. The van der Waals surface area contributed by atoms with Gasteiger partial charge >= 0.3 is 0 Å². The first-order chi connectivity index (χ1) is 8.46. The molecule has 0 spiro atoms. The maximum Gasteiger partial charge on any atom is 0.218 e. The van der Waals surface area contributed by atoms with Crippen LogP contribution in [0.3, 0.4) is 0 Å². The van der Waals surface area contributed by atoms with Crippen molar-refractivity contribution in [2.45, 2.75) is 26.4 Å². The highest BCUT2D eigenvalue weighted by Crippen LogP contribution is 2.16. The fourth-order valence-corrected chi connectivity index (χ4v) is 2.22. The van der Waals surface area contributed by atoms with Crippen LogP contribution in [-0.2, 0) is 0 Å². The second kappa shape index (κ2) is 6.80. The third-order valence-corrected chi connectivity index (χ3v) is 3.12. The molecule has 0 aromatic carbocycles. The molecule has 2 N–H and O–H groups in total. The largest absolute Gasteiger partial charge is 0.478 e. The van der Waals surface area contributed by atoms with E-state index in [0.717, 1.165) is 0 Å². The van der Waals surface area contributed by atoms with Crippen molar-refractivity contribution in [2.24, 2.45) is 0 Å². The van der Waals surface area contributed by atoms with Crippen LogP contribution >= 0.6 is 11.8 Å². The average Bonchev–Trinajstić information content (AvgIpc) is 2.26. The van der Waals surface area contributed by atoms with Crippen LogP contribution in [0.2, 0.25) is 0 Å². The van der Waals surface area contributed by atoms with Crippen molar-refractivity contribution in [1.29, 1.82) is 0 Å². The predicted molar refractivity (Wildman–Crippen MR) is 75.4 cm³/mol. The lowest BCUT2D eigenvalue weighted by molar-refractivity contribution is 0.0996. The molecule has 1 aromatic heterocycles. The van der Waals surface area contributed by atoms with Crippen molar-refractivity contribution in [3.05, 3.63) is 11.9 Å². The summed E-state index contributed by atoms with van der Waals surface area (Å²) in [5.74, 6) is 2.54. The van der Waals surface area contributed by atoms with Crippen LogP contribution in [-0.4, -0.2) is 45.8 Å². The smallest absolute Gasteiger partial charge is 0.218 e. The minimum absolute atomic E-state index is 0.440. The summed E-state index contributed by atoms with van der Waals surface area (Å²) in [6.45, 7) is 6.53. The Morgan fingerprint density at radius 1 is 1.50 bits per heavy atom. The molecule has 5 nitrogen and oxygen atoms in total. The molecule has 0 bridgehead atoms. The first-order valence-corrected chi connectivity index (χ1v) is 7.30. The van der Waals surface area contributed by atoms with Crippen LogP contribution in [0.4, 0.5) is 5.82 Å². The molecule has 0 radical (unpaired) electrons. The van der Waals surface area contributed by atoms with Crippen LogP contribution in [0, 0.1) is 6.92 Å². The fourth-order valence-electron chi connectivity index (χ4n) is 1.50. The third kappa shape index (κ3) is 5.10. The lowest BCUT2D eigenvalue weighted by Crippen LogP contribution is -2.36. The van der Waals surface area contributed by atoms with Gasteiger partial charge in [0.15, 0.2) is 0 Å². The van der Waals surface area contributed by atoms with Crippen LogP contribution in [0.1, 0.15) is 19.7 Å². The zero-order valence-electron chi connectivity index (χ0n) is 11.4. The van der Waals surface area contributed by atoms with Gasteiger partial charge in [0.25, 0.3) is 0 Å². The monoisotopic (exact) mass is 271 g/mol. The van der Waals surface area contributed by atoms with E-state index in [2.05, 4.69) is 15.3 Å². The van der Waals surface area contributed by atoms with E-state index in [1.165, 1.54) is 0 Å². The summed E-state index contributed by atoms with van der Waals surface area (Å²) in [7, 11) is 0. The maximum atomic E-state index is 10.1. The molecule has 0 aliphatic carbocycles. The quantitative estimate of drug-likeness (QED) is 0.787. The van der Waals surface area contributed by atoms with Gasteiger partial charge in [-0.2, -0.15) is 16.7 Å². The number of thioether (sulfide) groups is 1. The molecule has 1 atom stereocenters. The molecule has 0 aliphatic heterocycles. The number of hydrogen-bond donors (Lipinski definition) is 2. The van der Waals surface area contributed by atoms with Crippen LogP contribution < -0.4 is 10.1 Å². The molecule has 1 unspecified atom stereocenters. The molecule has 6 heteroatoms. The zero-order valence-corrected chi connectivity index (χ0v) is 12.2. The number of aliphatic hydroxyl groups is 1. The number of aryl methyl sites for hydroxylation is 1. The Bertz CT molecular complexity index is 386. The summed E-state index contributed by atoms with van der Waals surface area (Å²) < 4.78 is 5.35. The highest BCUT2D eigenvalue weighted by atomic mass is 32.2. The molecule has 0 fully saturated rings. The summed E-state index contributed by atoms with van der Waals surface area (Å²) >= 11 is 1.61. The second-order valence-electron chi connectivity index (χ2n) is 4.36. The molecule has 18 heavy (non-hydrogen) atoms. The van der Waals surface area contributed by atoms with Crippen molar-refractivity contribution < 1.29 is 9.84 Å². The lowest BCUT2D eigenvalue weighted by atomic mass is 10.1. The van der Waals surface area contributed by atoms with E-state index in [1.54, 1.807) is 24.8 Å². The van der Waals surface area contributed by atoms with Crippen molar-refractivity contribution in [1.82, 2.24) is 9.97 Å². The van der Waals surface area contributed by atoms with E-state index in [4.69, 9.17) is 4.74 Å². The van der Waals surface area contributed by atoms with Gasteiger partial charge in [0.1, 0.15) is 11.6 Å². The Labute approximate surface area is 112 Å². The van der Waals surface area contributed by atoms with Crippen molar-refractivity contribution in [2.75, 3.05) is 30.5 Å². The second-order valence-corrected chi connectivity index (χ2v) is 5.22. The molecule has 0 saturated heterocycles. The van der Waals surface area contributed by atoms with E-state index < -0.39 is 5.60 Å². The van der Waals surface area contributed by atoms with Gasteiger partial charge in [-0.3, -0.25) is 0 Å². The summed E-state index contributed by atoms with van der Waals surface area (Å²) in [4.78, 5) is 8.42. The molecule has 1 heterocycles. The average molecular weight is 271 g/mol. The Balaban J connectivity index is 2.66. The van der Waals surface area contributed by atoms with Crippen molar-refractivity contribution in [3.63, 3.8) is 0 Å². The third-order valence-electron chi connectivity index (χ3n) is 2.21. The van der Waals surface area contributed by atoms with E-state index in [-0.39, 0.29) is 0 Å². The number of nitrogens with one attached hydrogen (secondary N) is 1. The van der Waals surface area contributed by atoms with Gasteiger partial charge in [-0.1, -0.05) is 0 Å². The van der Waals surface area contributed by atoms with Gasteiger partial charge in [-0.15, -0.1) is 0 Å². The summed E-state index contributed by atoms with van der Waals surface area (Å²) in [6.07, 6.45) is 1.97. The Kier molecular flexibility index (Phi) is 5.68. The predicted octanol–water partition coefficient (Wildman–Crippen LogP) is 1.71. The van der Waals surface area contributed by atoms with Crippen molar-refractivity contribution in [3.8, 4) is 5.88 Å². The minimum atomic E-state index is -0.760. The van der Waals surface area contributed by atoms with Crippen LogP contribution in [0.15, 0.2) is 6.07 Å². The molecular weight excluding hydrogens is 250 g/mol. The van der Waals surface area contributed by atoms with Crippen LogP contribution in [0.5, 0.6) is 5.88 Å².